The Morgan fingerprint density at radius 1 is 1.57 bits per heavy atom. The third kappa shape index (κ3) is 3.14. The zero-order chi connectivity index (χ0) is 15.4. The van der Waals surface area contributed by atoms with Gasteiger partial charge in [0, 0.05) is 12.2 Å². The number of carboxylic acid groups (broad SMARTS) is 1. The molecule has 1 saturated heterocycles. The van der Waals surface area contributed by atoms with E-state index in [0.717, 1.165) is 12.1 Å². The minimum atomic E-state index is -0.871. The van der Waals surface area contributed by atoms with E-state index in [9.17, 15) is 15.2 Å². The van der Waals surface area contributed by atoms with E-state index in [2.05, 4.69) is 11.1 Å². The SMILES string of the molecule is CCCN(c1nc(C)ccc1C#N)C1COCC1C(=O)O. The highest BCUT2D eigenvalue weighted by atomic mass is 16.5. The number of hydrogen-bond acceptors (Lipinski definition) is 5. The molecule has 0 amide bonds. The van der Waals surface area contributed by atoms with E-state index in [1.807, 2.05) is 18.7 Å². The highest BCUT2D eigenvalue weighted by Gasteiger charge is 2.39. The molecule has 21 heavy (non-hydrogen) atoms. The lowest BCUT2D eigenvalue weighted by molar-refractivity contribution is -0.142. The molecule has 2 atom stereocenters. The number of carbonyl (C=O) groups is 1. The van der Waals surface area contributed by atoms with Crippen LogP contribution in [0.25, 0.3) is 0 Å². The van der Waals surface area contributed by atoms with Gasteiger partial charge in [-0.2, -0.15) is 5.26 Å². The topological polar surface area (TPSA) is 86.5 Å². The Balaban J connectivity index is 2.42. The van der Waals surface area contributed by atoms with E-state index in [4.69, 9.17) is 4.74 Å². The molecule has 2 unspecified atom stereocenters. The fourth-order valence-corrected chi connectivity index (χ4v) is 2.60. The molecule has 6 nitrogen and oxygen atoms in total. The van der Waals surface area contributed by atoms with Gasteiger partial charge in [-0.3, -0.25) is 4.79 Å². The number of nitrogens with zero attached hydrogens (tertiary/aromatic N) is 3. The first-order valence-corrected chi connectivity index (χ1v) is 7.03. The third-order valence-corrected chi connectivity index (χ3v) is 3.64. The van der Waals surface area contributed by atoms with Crippen molar-refractivity contribution in [2.24, 2.45) is 5.92 Å². The first-order chi connectivity index (χ1) is 10.1. The maximum Gasteiger partial charge on any atom is 0.311 e. The van der Waals surface area contributed by atoms with Gasteiger partial charge in [-0.15, -0.1) is 0 Å². The zero-order valence-electron chi connectivity index (χ0n) is 12.2. The van der Waals surface area contributed by atoms with Crippen molar-refractivity contribution < 1.29 is 14.6 Å². The van der Waals surface area contributed by atoms with Crippen LogP contribution in [-0.4, -0.2) is 41.9 Å². The van der Waals surface area contributed by atoms with Gasteiger partial charge in [-0.1, -0.05) is 6.92 Å². The Morgan fingerprint density at radius 3 is 2.95 bits per heavy atom. The van der Waals surface area contributed by atoms with Crippen molar-refractivity contribution in [2.45, 2.75) is 26.3 Å². The zero-order valence-corrected chi connectivity index (χ0v) is 12.2. The molecule has 2 heterocycles. The monoisotopic (exact) mass is 289 g/mol. The van der Waals surface area contributed by atoms with Crippen LogP contribution in [-0.2, 0) is 9.53 Å². The van der Waals surface area contributed by atoms with Crippen molar-refractivity contribution in [3.63, 3.8) is 0 Å². The van der Waals surface area contributed by atoms with Crippen molar-refractivity contribution in [3.8, 4) is 6.07 Å². The van der Waals surface area contributed by atoms with Crippen molar-refractivity contribution in [2.75, 3.05) is 24.7 Å². The normalized spacial score (nSPS) is 21.0. The van der Waals surface area contributed by atoms with Crippen LogP contribution < -0.4 is 4.90 Å². The van der Waals surface area contributed by atoms with E-state index in [-0.39, 0.29) is 12.6 Å². The van der Waals surface area contributed by atoms with Crippen molar-refractivity contribution >= 4 is 11.8 Å². The minimum Gasteiger partial charge on any atom is -0.481 e. The molecule has 0 radical (unpaired) electrons. The van der Waals surface area contributed by atoms with Crippen LogP contribution in [0.4, 0.5) is 5.82 Å². The molecule has 1 fully saturated rings. The van der Waals surface area contributed by atoms with Crippen LogP contribution in [0.1, 0.15) is 24.6 Å². The summed E-state index contributed by atoms with van der Waals surface area (Å²) in [5, 5.41) is 18.6. The third-order valence-electron chi connectivity index (χ3n) is 3.64. The number of aromatic nitrogens is 1. The summed E-state index contributed by atoms with van der Waals surface area (Å²) in [5.41, 5.74) is 1.26. The number of anilines is 1. The van der Waals surface area contributed by atoms with E-state index >= 15 is 0 Å². The van der Waals surface area contributed by atoms with Gasteiger partial charge in [-0.25, -0.2) is 4.98 Å². The number of nitriles is 1. The number of pyridine rings is 1. The van der Waals surface area contributed by atoms with E-state index in [1.165, 1.54) is 0 Å². The van der Waals surface area contributed by atoms with Gasteiger partial charge < -0.3 is 14.7 Å². The molecule has 1 aromatic heterocycles. The highest BCUT2D eigenvalue weighted by Crippen LogP contribution is 2.27. The average Bonchev–Trinajstić information content (AvgIpc) is 2.94. The standard InChI is InChI=1S/C15H19N3O3/c1-3-6-18(13-9-21-8-12(13)15(19)20)14-11(7-16)5-4-10(2)17-14/h4-5,12-13H,3,6,8-9H2,1-2H3,(H,19,20). The van der Waals surface area contributed by atoms with Crippen LogP contribution in [0.15, 0.2) is 12.1 Å². The molecule has 0 aromatic carbocycles. The van der Waals surface area contributed by atoms with Crippen LogP contribution in [0.5, 0.6) is 0 Å². The molecule has 1 aliphatic rings. The van der Waals surface area contributed by atoms with Gasteiger partial charge >= 0.3 is 5.97 Å². The summed E-state index contributed by atoms with van der Waals surface area (Å²) in [5.74, 6) is -0.906. The second-order valence-electron chi connectivity index (χ2n) is 5.18. The van der Waals surface area contributed by atoms with Gasteiger partial charge in [-0.05, 0) is 25.5 Å². The van der Waals surface area contributed by atoms with E-state index < -0.39 is 11.9 Å². The summed E-state index contributed by atoms with van der Waals surface area (Å²) in [6, 6.07) is 5.36. The maximum atomic E-state index is 11.4. The minimum absolute atomic E-state index is 0.202. The van der Waals surface area contributed by atoms with Crippen LogP contribution >= 0.6 is 0 Å². The van der Waals surface area contributed by atoms with Gasteiger partial charge in [0.1, 0.15) is 17.8 Å². The molecule has 2 rings (SSSR count). The molecule has 0 aliphatic carbocycles. The van der Waals surface area contributed by atoms with Gasteiger partial charge in [0.05, 0.1) is 24.8 Å². The van der Waals surface area contributed by atoms with Crippen molar-refractivity contribution in [1.29, 1.82) is 5.26 Å². The molecule has 0 bridgehead atoms. The predicted molar refractivity (Wildman–Crippen MR) is 77.1 cm³/mol. The Hall–Kier alpha value is -2.13. The molecule has 1 N–H and O–H groups in total. The first-order valence-electron chi connectivity index (χ1n) is 7.03. The number of aliphatic carboxylic acids is 1. The van der Waals surface area contributed by atoms with Crippen LogP contribution in [0.3, 0.4) is 0 Å². The lowest BCUT2D eigenvalue weighted by atomic mass is 10.0. The maximum absolute atomic E-state index is 11.4. The second kappa shape index (κ2) is 6.55. The van der Waals surface area contributed by atoms with Gasteiger partial charge in [0.25, 0.3) is 0 Å². The molecule has 112 valence electrons. The fraction of sp³-hybridized carbons (Fsp3) is 0.533. The summed E-state index contributed by atoms with van der Waals surface area (Å²) < 4.78 is 5.35. The molecule has 0 spiro atoms. The molecule has 1 aromatic rings. The molecule has 1 aliphatic heterocycles. The van der Waals surface area contributed by atoms with E-state index in [0.29, 0.717) is 24.5 Å². The number of hydrogen-bond donors (Lipinski definition) is 1. The van der Waals surface area contributed by atoms with Gasteiger partial charge in [0.2, 0.25) is 0 Å². The summed E-state index contributed by atoms with van der Waals surface area (Å²) >= 11 is 0. The largest absolute Gasteiger partial charge is 0.481 e. The predicted octanol–water partition coefficient (Wildman–Crippen LogP) is 1.58. The fourth-order valence-electron chi connectivity index (χ4n) is 2.60. The molecule has 6 heteroatoms. The average molecular weight is 289 g/mol. The summed E-state index contributed by atoms with van der Waals surface area (Å²) in [6.45, 7) is 5.06. The first kappa shape index (κ1) is 15.3. The molecular formula is C15H19N3O3. The second-order valence-corrected chi connectivity index (χ2v) is 5.18. The molecule has 0 saturated carbocycles. The Morgan fingerprint density at radius 2 is 2.33 bits per heavy atom. The van der Waals surface area contributed by atoms with E-state index in [1.54, 1.807) is 12.1 Å². The van der Waals surface area contributed by atoms with Crippen LogP contribution in [0, 0.1) is 24.2 Å². The van der Waals surface area contributed by atoms with Crippen molar-refractivity contribution in [1.82, 2.24) is 4.98 Å². The smallest absolute Gasteiger partial charge is 0.311 e. The number of carboxylic acids is 1. The number of aryl methyl sites for hydroxylation is 1. The Kier molecular flexibility index (Phi) is 4.76. The Bertz CT molecular complexity index is 568. The lowest BCUT2D eigenvalue weighted by Crippen LogP contribution is -2.44. The highest BCUT2D eigenvalue weighted by molar-refractivity contribution is 5.72. The van der Waals surface area contributed by atoms with Crippen LogP contribution in [0.2, 0.25) is 0 Å². The molecular weight excluding hydrogens is 270 g/mol. The lowest BCUT2D eigenvalue weighted by Gasteiger charge is -2.32. The quantitative estimate of drug-likeness (QED) is 0.885. The van der Waals surface area contributed by atoms with Crippen molar-refractivity contribution in [3.05, 3.63) is 23.4 Å². The van der Waals surface area contributed by atoms with Gasteiger partial charge in [0.15, 0.2) is 0 Å². The number of rotatable bonds is 5. The summed E-state index contributed by atoms with van der Waals surface area (Å²) in [7, 11) is 0. The summed E-state index contributed by atoms with van der Waals surface area (Å²) in [4.78, 5) is 17.8. The Labute approximate surface area is 124 Å². The summed E-state index contributed by atoms with van der Waals surface area (Å²) in [6.07, 6.45) is 0.837. The number of ether oxygens (including phenoxy) is 1.